The van der Waals surface area contributed by atoms with Crippen LogP contribution in [0.1, 0.15) is 25.3 Å². The molecular weight excluding hydrogens is 306 g/mol. The van der Waals surface area contributed by atoms with Crippen LogP contribution < -0.4 is 10.2 Å². The second-order valence-corrected chi connectivity index (χ2v) is 6.25. The summed E-state index contributed by atoms with van der Waals surface area (Å²) in [7, 11) is 1.39. The van der Waals surface area contributed by atoms with E-state index >= 15 is 0 Å². The van der Waals surface area contributed by atoms with Gasteiger partial charge < -0.3 is 15.0 Å². The first-order valence-corrected chi connectivity index (χ1v) is 8.28. The number of anilines is 2. The zero-order valence-corrected chi connectivity index (χ0v) is 14.2. The Morgan fingerprint density at radius 1 is 1.21 bits per heavy atom. The predicted octanol–water partition coefficient (Wildman–Crippen LogP) is 3.39. The maximum atomic E-state index is 12.4. The standard InChI is InChI=1S/C18H23N3O3/c1-13-7-10-20(11-8-13)17(22)19-15-5-6-16-14(12-15)4-3-9-21(16)18(23)24-2/h5-7,12H,3-4,8-11H2,1-2H3,(H,19,22). The molecule has 3 rings (SSSR count). The number of fused-ring (bicyclic) bond motifs is 1. The summed E-state index contributed by atoms with van der Waals surface area (Å²) in [6.07, 6.45) is 4.44. The van der Waals surface area contributed by atoms with E-state index in [0.29, 0.717) is 13.1 Å². The number of aryl methyl sites for hydroxylation is 1. The van der Waals surface area contributed by atoms with Crippen molar-refractivity contribution in [3.63, 3.8) is 0 Å². The van der Waals surface area contributed by atoms with E-state index in [1.807, 2.05) is 18.2 Å². The van der Waals surface area contributed by atoms with Crippen molar-refractivity contribution in [2.45, 2.75) is 26.2 Å². The first-order valence-electron chi connectivity index (χ1n) is 8.28. The van der Waals surface area contributed by atoms with Crippen LogP contribution in [0, 0.1) is 0 Å². The van der Waals surface area contributed by atoms with Gasteiger partial charge in [-0.05, 0) is 49.9 Å². The Morgan fingerprint density at radius 3 is 2.75 bits per heavy atom. The Kier molecular flexibility index (Phi) is 4.74. The Balaban J connectivity index is 1.72. The molecule has 1 aromatic rings. The zero-order valence-electron chi connectivity index (χ0n) is 14.2. The van der Waals surface area contributed by atoms with Gasteiger partial charge in [0, 0.05) is 25.3 Å². The van der Waals surface area contributed by atoms with Crippen LogP contribution in [0.4, 0.5) is 21.0 Å². The Hall–Kier alpha value is -2.50. The van der Waals surface area contributed by atoms with Gasteiger partial charge >= 0.3 is 12.1 Å². The maximum Gasteiger partial charge on any atom is 0.414 e. The topological polar surface area (TPSA) is 61.9 Å². The van der Waals surface area contributed by atoms with Gasteiger partial charge in [0.1, 0.15) is 0 Å². The molecule has 0 radical (unpaired) electrons. The van der Waals surface area contributed by atoms with Gasteiger partial charge in [-0.2, -0.15) is 0 Å². The summed E-state index contributed by atoms with van der Waals surface area (Å²) < 4.78 is 4.83. The summed E-state index contributed by atoms with van der Waals surface area (Å²) in [6.45, 7) is 4.14. The van der Waals surface area contributed by atoms with E-state index in [4.69, 9.17) is 4.74 Å². The summed E-state index contributed by atoms with van der Waals surface area (Å²) in [6, 6.07) is 5.58. The SMILES string of the molecule is COC(=O)N1CCCc2cc(NC(=O)N3CC=C(C)CC3)ccc21. The lowest BCUT2D eigenvalue weighted by Crippen LogP contribution is -2.38. The molecule has 6 heteroatoms. The third kappa shape index (κ3) is 3.37. The molecule has 2 aliphatic heterocycles. The molecule has 3 amide bonds. The number of urea groups is 1. The van der Waals surface area contributed by atoms with Crippen LogP contribution in [0.5, 0.6) is 0 Å². The van der Waals surface area contributed by atoms with Gasteiger partial charge in [0.15, 0.2) is 0 Å². The van der Waals surface area contributed by atoms with Crippen molar-refractivity contribution in [2.75, 3.05) is 37.0 Å². The molecule has 2 heterocycles. The number of ether oxygens (including phenoxy) is 1. The van der Waals surface area contributed by atoms with E-state index in [1.54, 1.807) is 9.80 Å². The minimum atomic E-state index is -0.344. The summed E-state index contributed by atoms with van der Waals surface area (Å²) >= 11 is 0. The average molecular weight is 329 g/mol. The molecule has 1 N–H and O–H groups in total. The Labute approximate surface area is 142 Å². The largest absolute Gasteiger partial charge is 0.452 e. The number of nitrogens with one attached hydrogen (secondary N) is 1. The molecule has 0 bridgehead atoms. The lowest BCUT2D eigenvalue weighted by atomic mass is 10.0. The Bertz CT molecular complexity index is 684. The van der Waals surface area contributed by atoms with Crippen molar-refractivity contribution in [1.29, 1.82) is 0 Å². The number of methoxy groups -OCH3 is 1. The highest BCUT2D eigenvalue weighted by Crippen LogP contribution is 2.30. The second kappa shape index (κ2) is 6.95. The fourth-order valence-electron chi connectivity index (χ4n) is 3.13. The van der Waals surface area contributed by atoms with E-state index in [1.165, 1.54) is 12.7 Å². The van der Waals surface area contributed by atoms with Crippen molar-refractivity contribution in [3.05, 3.63) is 35.4 Å². The number of hydrogen-bond acceptors (Lipinski definition) is 3. The number of amides is 3. The smallest absolute Gasteiger partial charge is 0.414 e. The molecule has 6 nitrogen and oxygen atoms in total. The van der Waals surface area contributed by atoms with E-state index in [-0.39, 0.29) is 12.1 Å². The summed E-state index contributed by atoms with van der Waals surface area (Å²) in [5.41, 5.74) is 4.01. The highest BCUT2D eigenvalue weighted by Gasteiger charge is 2.23. The van der Waals surface area contributed by atoms with Crippen LogP contribution in [0.2, 0.25) is 0 Å². The molecule has 0 fully saturated rings. The molecule has 0 spiro atoms. The lowest BCUT2D eigenvalue weighted by Gasteiger charge is -2.29. The van der Waals surface area contributed by atoms with Gasteiger partial charge in [0.25, 0.3) is 0 Å². The van der Waals surface area contributed by atoms with E-state index in [2.05, 4.69) is 18.3 Å². The van der Waals surface area contributed by atoms with E-state index < -0.39 is 0 Å². The quantitative estimate of drug-likeness (QED) is 0.803. The van der Waals surface area contributed by atoms with Gasteiger partial charge in [-0.25, -0.2) is 9.59 Å². The molecule has 1 aromatic carbocycles. The number of hydrogen-bond donors (Lipinski definition) is 1. The minimum Gasteiger partial charge on any atom is -0.452 e. The minimum absolute atomic E-state index is 0.0840. The number of carbonyl (C=O) groups is 2. The van der Waals surface area contributed by atoms with Crippen LogP contribution in [-0.2, 0) is 11.2 Å². The van der Waals surface area contributed by atoms with Crippen LogP contribution in [0.15, 0.2) is 29.8 Å². The fraction of sp³-hybridized carbons (Fsp3) is 0.444. The van der Waals surface area contributed by atoms with Crippen molar-refractivity contribution < 1.29 is 14.3 Å². The fourth-order valence-corrected chi connectivity index (χ4v) is 3.13. The number of nitrogens with zero attached hydrogens (tertiary/aromatic N) is 2. The van der Waals surface area contributed by atoms with Gasteiger partial charge in [-0.3, -0.25) is 4.90 Å². The predicted molar refractivity (Wildman–Crippen MR) is 93.5 cm³/mol. The molecule has 0 saturated carbocycles. The van der Waals surface area contributed by atoms with Gasteiger partial charge in [0.05, 0.1) is 12.8 Å². The highest BCUT2D eigenvalue weighted by atomic mass is 16.5. The van der Waals surface area contributed by atoms with Gasteiger partial charge in [-0.15, -0.1) is 0 Å². The summed E-state index contributed by atoms with van der Waals surface area (Å²) in [4.78, 5) is 27.6. The van der Waals surface area contributed by atoms with E-state index in [0.717, 1.165) is 42.7 Å². The van der Waals surface area contributed by atoms with Gasteiger partial charge in [0.2, 0.25) is 0 Å². The van der Waals surface area contributed by atoms with Gasteiger partial charge in [-0.1, -0.05) is 11.6 Å². The number of carbonyl (C=O) groups excluding carboxylic acids is 2. The number of rotatable bonds is 1. The molecule has 0 aliphatic carbocycles. The molecular formula is C18H23N3O3. The van der Waals surface area contributed by atoms with E-state index in [9.17, 15) is 9.59 Å². The molecule has 24 heavy (non-hydrogen) atoms. The first-order chi connectivity index (χ1) is 11.6. The average Bonchev–Trinajstić information content (AvgIpc) is 2.60. The third-order valence-corrected chi connectivity index (χ3v) is 4.57. The molecule has 2 aliphatic rings. The highest BCUT2D eigenvalue weighted by molar-refractivity contribution is 5.92. The second-order valence-electron chi connectivity index (χ2n) is 6.25. The molecule has 0 aromatic heterocycles. The van der Waals surface area contributed by atoms with Crippen molar-refractivity contribution in [1.82, 2.24) is 4.90 Å². The monoisotopic (exact) mass is 329 g/mol. The van der Waals surface area contributed by atoms with Crippen molar-refractivity contribution in [3.8, 4) is 0 Å². The van der Waals surface area contributed by atoms with Crippen molar-refractivity contribution in [2.24, 2.45) is 0 Å². The molecule has 0 unspecified atom stereocenters. The maximum absolute atomic E-state index is 12.4. The lowest BCUT2D eigenvalue weighted by molar-refractivity contribution is 0.178. The van der Waals surface area contributed by atoms with Crippen LogP contribution >= 0.6 is 0 Å². The third-order valence-electron chi connectivity index (χ3n) is 4.57. The molecule has 0 saturated heterocycles. The first kappa shape index (κ1) is 16.4. The normalized spacial score (nSPS) is 17.0. The summed E-state index contributed by atoms with van der Waals surface area (Å²) in [5.74, 6) is 0. The number of benzene rings is 1. The van der Waals surface area contributed by atoms with Crippen LogP contribution in [0.25, 0.3) is 0 Å². The van der Waals surface area contributed by atoms with Crippen LogP contribution in [0.3, 0.4) is 0 Å². The Morgan fingerprint density at radius 2 is 2.04 bits per heavy atom. The molecule has 128 valence electrons. The molecule has 0 atom stereocenters. The summed E-state index contributed by atoms with van der Waals surface area (Å²) in [5, 5.41) is 2.96. The zero-order chi connectivity index (χ0) is 17.1. The van der Waals surface area contributed by atoms with Crippen molar-refractivity contribution >= 4 is 23.5 Å². The van der Waals surface area contributed by atoms with Crippen LogP contribution in [-0.4, -0.2) is 43.8 Å².